The molecule has 2 amide bonds. The molecule has 3 N–H and O–H groups in total. The van der Waals surface area contributed by atoms with Crippen LogP contribution in [0.2, 0.25) is 0 Å². The van der Waals surface area contributed by atoms with E-state index in [0.29, 0.717) is 5.56 Å². The van der Waals surface area contributed by atoms with Gasteiger partial charge in [0.1, 0.15) is 0 Å². The molecular formula is C14H16N2O6. The summed E-state index contributed by atoms with van der Waals surface area (Å²) < 4.78 is 0. The topological polar surface area (TPSA) is 118 Å². The first-order valence-corrected chi connectivity index (χ1v) is 6.62. The fourth-order valence-electron chi connectivity index (χ4n) is 2.70. The van der Waals surface area contributed by atoms with Gasteiger partial charge < -0.3 is 20.2 Å². The van der Waals surface area contributed by atoms with Crippen molar-refractivity contribution in [2.24, 2.45) is 0 Å². The molecule has 2 rings (SSSR count). The van der Waals surface area contributed by atoms with E-state index in [4.69, 9.17) is 5.11 Å². The van der Waals surface area contributed by atoms with Gasteiger partial charge in [-0.3, -0.25) is 4.90 Å². The lowest BCUT2D eigenvalue weighted by Crippen LogP contribution is -2.69. The molecule has 1 unspecified atom stereocenters. The first kappa shape index (κ1) is 15.6. The van der Waals surface area contributed by atoms with Gasteiger partial charge in [-0.15, -0.1) is 0 Å². The summed E-state index contributed by atoms with van der Waals surface area (Å²) in [6.07, 6.45) is -2.73. The third-order valence-corrected chi connectivity index (χ3v) is 3.80. The fourth-order valence-corrected chi connectivity index (χ4v) is 2.70. The molecule has 0 aliphatic carbocycles. The number of carbonyl (C=O) groups is 3. The third-order valence-electron chi connectivity index (χ3n) is 3.80. The van der Waals surface area contributed by atoms with E-state index in [1.165, 1.54) is 0 Å². The normalized spacial score (nSPS) is 21.5. The highest BCUT2D eigenvalue weighted by Crippen LogP contribution is 2.27. The Morgan fingerprint density at radius 1 is 1.00 bits per heavy atom. The van der Waals surface area contributed by atoms with Crippen LogP contribution in [-0.4, -0.2) is 68.4 Å². The SMILES string of the molecule is O=C(O)N1CCN(C(=O)O)C(Cc2ccccc2)(C(=O)O)C1. The predicted molar refractivity (Wildman–Crippen MR) is 74.8 cm³/mol. The van der Waals surface area contributed by atoms with Gasteiger partial charge in [0, 0.05) is 19.5 Å². The number of nitrogens with zero attached hydrogens (tertiary/aromatic N) is 2. The standard InChI is InChI=1S/C14H16N2O6/c17-11(18)14(8-10-4-2-1-3-5-10)9-15(12(19)20)6-7-16(14)13(21)22/h1-5H,6-9H2,(H,17,18)(H,19,20)(H,21,22). The number of hydrogen-bond acceptors (Lipinski definition) is 3. The second kappa shape index (κ2) is 5.92. The van der Waals surface area contributed by atoms with Crippen LogP contribution < -0.4 is 0 Å². The highest BCUT2D eigenvalue weighted by atomic mass is 16.4. The monoisotopic (exact) mass is 308 g/mol. The van der Waals surface area contributed by atoms with Crippen LogP contribution in [0.1, 0.15) is 5.56 Å². The summed E-state index contributed by atoms with van der Waals surface area (Å²) in [6.45, 7) is -0.634. The molecule has 22 heavy (non-hydrogen) atoms. The van der Waals surface area contributed by atoms with E-state index in [1.54, 1.807) is 30.3 Å². The predicted octanol–water partition coefficient (Wildman–Crippen LogP) is 1.03. The van der Waals surface area contributed by atoms with E-state index in [0.717, 1.165) is 9.80 Å². The van der Waals surface area contributed by atoms with E-state index >= 15 is 0 Å². The van der Waals surface area contributed by atoms with Crippen molar-refractivity contribution in [2.75, 3.05) is 19.6 Å². The molecule has 1 saturated heterocycles. The van der Waals surface area contributed by atoms with Gasteiger partial charge in [0.05, 0.1) is 6.54 Å². The molecule has 0 spiro atoms. The average Bonchev–Trinajstić information content (AvgIpc) is 2.47. The van der Waals surface area contributed by atoms with Gasteiger partial charge in [-0.05, 0) is 5.56 Å². The quantitative estimate of drug-likeness (QED) is 0.767. The number of carboxylic acid groups (broad SMARTS) is 3. The second-order valence-corrected chi connectivity index (χ2v) is 5.14. The first-order valence-electron chi connectivity index (χ1n) is 6.62. The van der Waals surface area contributed by atoms with E-state index in [9.17, 15) is 24.6 Å². The molecule has 8 heteroatoms. The molecule has 0 radical (unpaired) electrons. The van der Waals surface area contributed by atoms with E-state index < -0.39 is 30.2 Å². The van der Waals surface area contributed by atoms with Gasteiger partial charge in [-0.1, -0.05) is 30.3 Å². The Balaban J connectivity index is 2.43. The number of rotatable bonds is 3. The molecule has 1 aromatic carbocycles. The largest absolute Gasteiger partial charge is 0.479 e. The molecule has 118 valence electrons. The third kappa shape index (κ3) is 2.80. The Bertz CT molecular complexity index is 590. The van der Waals surface area contributed by atoms with Crippen LogP contribution in [0, 0.1) is 0 Å². The number of benzene rings is 1. The summed E-state index contributed by atoms with van der Waals surface area (Å²) in [5.41, 5.74) is -1.20. The molecule has 0 aromatic heterocycles. The lowest BCUT2D eigenvalue weighted by molar-refractivity contribution is -0.153. The molecule has 1 atom stereocenters. The first-order chi connectivity index (χ1) is 10.4. The molecule has 0 bridgehead atoms. The van der Waals surface area contributed by atoms with Crippen LogP contribution in [0.3, 0.4) is 0 Å². The Kier molecular flexibility index (Phi) is 4.20. The summed E-state index contributed by atoms with van der Waals surface area (Å²) in [6, 6.07) is 8.56. The minimum absolute atomic E-state index is 0.0501. The van der Waals surface area contributed by atoms with Crippen LogP contribution in [0.5, 0.6) is 0 Å². The molecular weight excluding hydrogens is 292 g/mol. The maximum Gasteiger partial charge on any atom is 0.408 e. The second-order valence-electron chi connectivity index (χ2n) is 5.14. The van der Waals surface area contributed by atoms with Crippen molar-refractivity contribution in [3.05, 3.63) is 35.9 Å². The Morgan fingerprint density at radius 3 is 2.14 bits per heavy atom. The van der Waals surface area contributed by atoms with Gasteiger partial charge in [-0.2, -0.15) is 0 Å². The van der Waals surface area contributed by atoms with Gasteiger partial charge in [0.15, 0.2) is 5.54 Å². The zero-order valence-electron chi connectivity index (χ0n) is 11.7. The summed E-state index contributed by atoms with van der Waals surface area (Å²) in [5, 5.41) is 28.1. The van der Waals surface area contributed by atoms with Crippen LogP contribution >= 0.6 is 0 Å². The molecule has 1 fully saturated rings. The molecule has 0 saturated carbocycles. The van der Waals surface area contributed by atoms with Crippen molar-refractivity contribution < 1.29 is 29.7 Å². The van der Waals surface area contributed by atoms with Crippen molar-refractivity contribution >= 4 is 18.2 Å². The summed E-state index contributed by atoms with van der Waals surface area (Å²) in [7, 11) is 0. The van der Waals surface area contributed by atoms with E-state index in [-0.39, 0.29) is 19.5 Å². The minimum atomic E-state index is -1.83. The number of aliphatic carboxylic acids is 1. The fraction of sp³-hybridized carbons (Fsp3) is 0.357. The average molecular weight is 308 g/mol. The summed E-state index contributed by atoms with van der Waals surface area (Å²) in [5.74, 6) is -1.36. The van der Waals surface area contributed by atoms with Gasteiger partial charge in [0.25, 0.3) is 0 Å². The molecule has 1 aromatic rings. The highest BCUT2D eigenvalue weighted by Gasteiger charge is 2.51. The molecule has 1 aliphatic heterocycles. The van der Waals surface area contributed by atoms with Crippen molar-refractivity contribution in [1.29, 1.82) is 0 Å². The van der Waals surface area contributed by atoms with E-state index in [2.05, 4.69) is 0 Å². The van der Waals surface area contributed by atoms with Gasteiger partial charge in [-0.25, -0.2) is 14.4 Å². The van der Waals surface area contributed by atoms with Crippen molar-refractivity contribution in [3.63, 3.8) is 0 Å². The van der Waals surface area contributed by atoms with E-state index in [1.807, 2.05) is 0 Å². The van der Waals surface area contributed by atoms with Crippen LogP contribution in [-0.2, 0) is 11.2 Å². The molecule has 8 nitrogen and oxygen atoms in total. The lowest BCUT2D eigenvalue weighted by atomic mass is 9.86. The van der Waals surface area contributed by atoms with Crippen molar-refractivity contribution in [2.45, 2.75) is 12.0 Å². The Morgan fingerprint density at radius 2 is 1.64 bits per heavy atom. The van der Waals surface area contributed by atoms with Crippen molar-refractivity contribution in [3.8, 4) is 0 Å². The smallest absolute Gasteiger partial charge is 0.408 e. The lowest BCUT2D eigenvalue weighted by Gasteiger charge is -2.45. The van der Waals surface area contributed by atoms with Gasteiger partial charge >= 0.3 is 18.2 Å². The highest BCUT2D eigenvalue weighted by molar-refractivity contribution is 5.86. The molecule has 1 heterocycles. The number of carboxylic acids is 1. The van der Waals surface area contributed by atoms with Crippen molar-refractivity contribution in [1.82, 2.24) is 9.80 Å². The minimum Gasteiger partial charge on any atom is -0.479 e. The van der Waals surface area contributed by atoms with Gasteiger partial charge in [0.2, 0.25) is 0 Å². The van der Waals surface area contributed by atoms with Crippen LogP contribution in [0.25, 0.3) is 0 Å². The zero-order valence-corrected chi connectivity index (χ0v) is 11.7. The van der Waals surface area contributed by atoms with Crippen LogP contribution in [0.4, 0.5) is 9.59 Å². The summed E-state index contributed by atoms with van der Waals surface area (Å²) >= 11 is 0. The number of amides is 2. The summed E-state index contributed by atoms with van der Waals surface area (Å²) in [4.78, 5) is 36.2. The Hall–Kier alpha value is -2.77. The maximum absolute atomic E-state index is 11.8. The number of hydrogen-bond donors (Lipinski definition) is 3. The number of piperazine rings is 1. The zero-order chi connectivity index (χ0) is 16.3. The maximum atomic E-state index is 11.8. The Labute approximate surface area is 126 Å². The molecule has 1 aliphatic rings. The van der Waals surface area contributed by atoms with Crippen LogP contribution in [0.15, 0.2) is 30.3 Å².